The quantitative estimate of drug-likeness (QED) is 0.0979. The first-order valence-corrected chi connectivity index (χ1v) is 18.9. The summed E-state index contributed by atoms with van der Waals surface area (Å²) in [7, 11) is 0. The second-order valence-electron chi connectivity index (χ2n) is 15.0. The third-order valence-corrected chi connectivity index (χ3v) is 11.3. The fourth-order valence-corrected chi connectivity index (χ4v) is 8.49. The highest BCUT2D eigenvalue weighted by Crippen LogP contribution is 2.50. The fraction of sp³-hybridized carbons (Fsp3) is 0.200. The van der Waals surface area contributed by atoms with Gasteiger partial charge in [-0.15, -0.1) is 0 Å². The number of benzene rings is 6. The van der Waals surface area contributed by atoms with E-state index < -0.39 is 0 Å². The number of hydrogen-bond acceptors (Lipinski definition) is 3. The van der Waals surface area contributed by atoms with Crippen molar-refractivity contribution in [2.75, 3.05) is 5.32 Å². The van der Waals surface area contributed by atoms with Gasteiger partial charge in [0.25, 0.3) is 0 Å². The van der Waals surface area contributed by atoms with Crippen LogP contribution in [-0.4, -0.2) is 10.7 Å². The van der Waals surface area contributed by atoms with Gasteiger partial charge in [0.1, 0.15) is 0 Å². The smallest absolute Gasteiger partial charge is 0.155 e. The molecule has 1 aliphatic carbocycles. The molecular formula is C50H47N3. The minimum atomic E-state index is -0.156. The van der Waals surface area contributed by atoms with Crippen LogP contribution >= 0.6 is 0 Å². The average molecular weight is 690 g/mol. The number of aryl methyl sites for hydroxylation is 2. The molecule has 53 heavy (non-hydrogen) atoms. The van der Waals surface area contributed by atoms with Crippen LogP contribution < -0.4 is 5.32 Å². The van der Waals surface area contributed by atoms with Crippen molar-refractivity contribution in [3.8, 4) is 11.1 Å². The Morgan fingerprint density at radius 3 is 2.13 bits per heavy atom. The van der Waals surface area contributed by atoms with Gasteiger partial charge >= 0.3 is 0 Å². The zero-order chi connectivity index (χ0) is 36.9. The number of aliphatic imine (C=N–C) groups is 1. The molecule has 0 aliphatic heterocycles. The summed E-state index contributed by atoms with van der Waals surface area (Å²) in [5.74, 6) is 0.766. The third-order valence-electron chi connectivity index (χ3n) is 11.3. The zero-order valence-corrected chi connectivity index (χ0v) is 31.9. The molecule has 0 bridgehead atoms. The van der Waals surface area contributed by atoms with Crippen LogP contribution in [0.25, 0.3) is 49.0 Å². The number of fused-ring (bicyclic) bond motifs is 7. The zero-order valence-electron chi connectivity index (χ0n) is 31.9. The van der Waals surface area contributed by atoms with Gasteiger partial charge in [-0.25, -0.2) is 9.98 Å². The van der Waals surface area contributed by atoms with Crippen molar-refractivity contribution in [3.05, 3.63) is 167 Å². The van der Waals surface area contributed by atoms with Gasteiger partial charge in [-0.3, -0.25) is 0 Å². The van der Waals surface area contributed by atoms with Gasteiger partial charge in [0, 0.05) is 45.4 Å². The molecule has 0 saturated heterocycles. The summed E-state index contributed by atoms with van der Waals surface area (Å²) in [6.45, 7) is 15.5. The molecule has 3 heteroatoms. The lowest BCUT2D eigenvalue weighted by Gasteiger charge is -2.25. The van der Waals surface area contributed by atoms with Crippen molar-refractivity contribution in [3.63, 3.8) is 0 Å². The molecule has 0 radical (unpaired) electrons. The molecule has 0 saturated carbocycles. The molecule has 1 aromatic heterocycles. The summed E-state index contributed by atoms with van der Waals surface area (Å²) >= 11 is 0. The lowest BCUT2D eigenvalue weighted by atomic mass is 9.80. The summed E-state index contributed by atoms with van der Waals surface area (Å²) in [6.07, 6.45) is 9.35. The lowest BCUT2D eigenvalue weighted by molar-refractivity contribution is 0.658. The average Bonchev–Trinajstić information content (AvgIpc) is 3.40. The molecule has 6 aromatic carbocycles. The Morgan fingerprint density at radius 1 is 0.792 bits per heavy atom. The predicted octanol–water partition coefficient (Wildman–Crippen LogP) is 13.6. The Hall–Kier alpha value is -5.80. The molecule has 0 spiro atoms. The minimum absolute atomic E-state index is 0.123. The van der Waals surface area contributed by atoms with E-state index in [-0.39, 0.29) is 11.5 Å². The topological polar surface area (TPSA) is 37.3 Å². The van der Waals surface area contributed by atoms with E-state index in [1.54, 1.807) is 0 Å². The number of allylic oxidation sites excluding steroid dienone is 4. The third kappa shape index (κ3) is 5.95. The van der Waals surface area contributed by atoms with Crippen molar-refractivity contribution in [1.82, 2.24) is 4.98 Å². The van der Waals surface area contributed by atoms with Crippen molar-refractivity contribution in [1.29, 1.82) is 0 Å². The van der Waals surface area contributed by atoms with Crippen LogP contribution in [0.3, 0.4) is 0 Å². The van der Waals surface area contributed by atoms with Gasteiger partial charge in [0.2, 0.25) is 0 Å². The van der Waals surface area contributed by atoms with E-state index in [1.807, 2.05) is 12.3 Å². The Morgan fingerprint density at radius 2 is 1.42 bits per heavy atom. The number of nitrogens with one attached hydrogen (secondary N) is 1. The van der Waals surface area contributed by atoms with Crippen LogP contribution in [0.4, 0.5) is 11.5 Å². The molecule has 7 aromatic rings. The van der Waals surface area contributed by atoms with E-state index in [0.29, 0.717) is 0 Å². The van der Waals surface area contributed by atoms with Crippen LogP contribution in [0.5, 0.6) is 0 Å². The van der Waals surface area contributed by atoms with Gasteiger partial charge in [0.15, 0.2) is 5.82 Å². The van der Waals surface area contributed by atoms with Crippen LogP contribution in [0, 0.1) is 6.92 Å². The first-order valence-electron chi connectivity index (χ1n) is 18.9. The highest BCUT2D eigenvalue weighted by Gasteiger charge is 2.36. The first-order chi connectivity index (χ1) is 25.7. The molecule has 1 unspecified atom stereocenters. The van der Waals surface area contributed by atoms with Crippen LogP contribution in [-0.2, 0) is 11.8 Å². The maximum absolute atomic E-state index is 4.98. The standard InChI is InChI=1S/C50H47N3/c1-8-16-35(27-31(3)52-49-32(4)39-18-11-10-17-37(39)30-51-49)36-24-26-44-43-25-23-34(28-46(43)50(6,7)47(44)29-36)33(5)53-48-38(9-2)40-19-12-13-20-41(40)42-21-14-15-22-45(42)48/h8,10-30,33,53H,9H2,1-7H3/b16-8-,35-27+,52-31+. The Balaban J connectivity index is 1.12. The van der Waals surface area contributed by atoms with E-state index in [2.05, 4.69) is 175 Å². The van der Waals surface area contributed by atoms with E-state index >= 15 is 0 Å². The SMILES string of the molecule is C\C=C/C(=C\C(C)=N\c1ncc2ccccc2c1C)c1ccc2c(c1)C(C)(C)c1cc(C(C)Nc3c(CC)c4ccccc4c4ccccc34)ccc1-2. The number of rotatable bonds is 8. The van der Waals surface area contributed by atoms with Crippen molar-refractivity contribution >= 4 is 55.1 Å². The van der Waals surface area contributed by atoms with Crippen LogP contribution in [0.2, 0.25) is 0 Å². The van der Waals surface area contributed by atoms with E-state index in [0.717, 1.165) is 34.5 Å². The van der Waals surface area contributed by atoms with E-state index in [9.17, 15) is 0 Å². The van der Waals surface area contributed by atoms with E-state index in [4.69, 9.17) is 9.98 Å². The van der Waals surface area contributed by atoms with Gasteiger partial charge in [0.05, 0.1) is 0 Å². The number of aromatic nitrogens is 1. The predicted molar refractivity (Wildman–Crippen MR) is 229 cm³/mol. The summed E-state index contributed by atoms with van der Waals surface area (Å²) in [6, 6.07) is 40.2. The highest BCUT2D eigenvalue weighted by atomic mass is 14.9. The van der Waals surface area contributed by atoms with Crippen molar-refractivity contribution in [2.45, 2.75) is 66.3 Å². The largest absolute Gasteiger partial charge is 0.378 e. The molecule has 1 N–H and O–H groups in total. The van der Waals surface area contributed by atoms with Gasteiger partial charge < -0.3 is 5.32 Å². The molecule has 3 nitrogen and oxygen atoms in total. The maximum atomic E-state index is 4.98. The monoisotopic (exact) mass is 689 g/mol. The Bertz CT molecular complexity index is 2650. The molecule has 1 atom stereocenters. The lowest BCUT2D eigenvalue weighted by Crippen LogP contribution is -2.16. The van der Waals surface area contributed by atoms with Gasteiger partial charge in [-0.1, -0.05) is 136 Å². The second-order valence-corrected chi connectivity index (χ2v) is 15.0. The van der Waals surface area contributed by atoms with Gasteiger partial charge in [-0.2, -0.15) is 0 Å². The molecule has 8 rings (SSSR count). The Labute approximate surface area is 313 Å². The van der Waals surface area contributed by atoms with Crippen LogP contribution in [0.15, 0.2) is 139 Å². The summed E-state index contributed by atoms with van der Waals surface area (Å²) in [4.78, 5) is 9.68. The van der Waals surface area contributed by atoms with Gasteiger partial charge in [-0.05, 0) is 112 Å². The molecule has 262 valence electrons. The molecule has 0 fully saturated rings. The van der Waals surface area contributed by atoms with Crippen LogP contribution in [0.1, 0.15) is 81.0 Å². The molecule has 1 heterocycles. The number of pyridine rings is 1. The van der Waals surface area contributed by atoms with Crippen molar-refractivity contribution < 1.29 is 0 Å². The fourth-order valence-electron chi connectivity index (χ4n) is 8.49. The molecular weight excluding hydrogens is 643 g/mol. The minimum Gasteiger partial charge on any atom is -0.378 e. The number of hydrogen-bond donors (Lipinski definition) is 1. The normalized spacial score (nSPS) is 14.6. The maximum Gasteiger partial charge on any atom is 0.155 e. The second kappa shape index (κ2) is 13.6. The number of anilines is 1. The highest BCUT2D eigenvalue weighted by molar-refractivity contribution is 6.15. The Kier molecular flexibility index (Phi) is 8.82. The van der Waals surface area contributed by atoms with E-state index in [1.165, 1.54) is 71.6 Å². The van der Waals surface area contributed by atoms with Crippen molar-refractivity contribution in [2.24, 2.45) is 4.99 Å². The molecule has 1 aliphatic rings. The molecule has 0 amide bonds. The summed E-state index contributed by atoms with van der Waals surface area (Å²) in [5, 5.41) is 11.6. The summed E-state index contributed by atoms with van der Waals surface area (Å²) in [5.41, 5.74) is 13.5. The number of nitrogens with zero attached hydrogens (tertiary/aromatic N) is 2. The first kappa shape index (κ1) is 34.3. The summed E-state index contributed by atoms with van der Waals surface area (Å²) < 4.78 is 0.